The predicted molar refractivity (Wildman–Crippen MR) is 75.5 cm³/mol. The summed E-state index contributed by atoms with van der Waals surface area (Å²) in [4.78, 5) is 24.4. The van der Waals surface area contributed by atoms with Crippen LogP contribution in [0.5, 0.6) is 0 Å². The molecule has 1 rings (SSSR count). The molecule has 6 nitrogen and oxygen atoms in total. The van der Waals surface area contributed by atoms with E-state index in [1.807, 2.05) is 38.4 Å². The number of aliphatic carboxylic acids is 1. The van der Waals surface area contributed by atoms with E-state index in [4.69, 9.17) is 5.11 Å². The van der Waals surface area contributed by atoms with Crippen LogP contribution in [-0.4, -0.2) is 44.8 Å². The lowest BCUT2D eigenvalue weighted by molar-refractivity contribution is -0.144. The number of aryl methyl sites for hydroxylation is 2. The van der Waals surface area contributed by atoms with E-state index < -0.39 is 5.97 Å². The van der Waals surface area contributed by atoms with E-state index in [9.17, 15) is 9.59 Å². The van der Waals surface area contributed by atoms with Gasteiger partial charge in [0.2, 0.25) is 5.91 Å². The van der Waals surface area contributed by atoms with Crippen LogP contribution in [-0.2, 0) is 9.59 Å². The highest BCUT2D eigenvalue weighted by molar-refractivity contribution is 5.81. The van der Waals surface area contributed by atoms with Gasteiger partial charge >= 0.3 is 5.97 Å². The number of carbonyl (C=O) groups is 2. The SMILES string of the molecule is CCCN(CC(=O)O)C(=O)CC(C)n1nc(C)cc1C. The van der Waals surface area contributed by atoms with Crippen LogP contribution in [0.3, 0.4) is 0 Å². The van der Waals surface area contributed by atoms with Crippen molar-refractivity contribution in [3.8, 4) is 0 Å². The molecule has 0 aliphatic carbocycles. The molecule has 0 aliphatic rings. The van der Waals surface area contributed by atoms with Gasteiger partial charge in [0, 0.05) is 18.7 Å². The Morgan fingerprint density at radius 2 is 2.10 bits per heavy atom. The number of rotatable bonds is 7. The minimum absolute atomic E-state index is 0.0793. The maximum atomic E-state index is 12.2. The fraction of sp³-hybridized carbons (Fsp3) is 0.643. The number of hydrogen-bond donors (Lipinski definition) is 1. The van der Waals surface area contributed by atoms with Crippen molar-refractivity contribution in [1.82, 2.24) is 14.7 Å². The number of carbonyl (C=O) groups excluding carboxylic acids is 1. The molecule has 1 aromatic heterocycles. The van der Waals surface area contributed by atoms with Gasteiger partial charge in [0.1, 0.15) is 6.54 Å². The van der Waals surface area contributed by atoms with Gasteiger partial charge in [-0.25, -0.2) is 0 Å². The van der Waals surface area contributed by atoms with Gasteiger partial charge in [0.05, 0.1) is 11.7 Å². The number of amides is 1. The summed E-state index contributed by atoms with van der Waals surface area (Å²) in [6.45, 7) is 7.92. The van der Waals surface area contributed by atoms with Gasteiger partial charge in [-0.3, -0.25) is 14.3 Å². The third-order valence-corrected chi connectivity index (χ3v) is 3.10. The van der Waals surface area contributed by atoms with Crippen LogP contribution >= 0.6 is 0 Å². The van der Waals surface area contributed by atoms with Crippen LogP contribution in [0.2, 0.25) is 0 Å². The largest absolute Gasteiger partial charge is 0.480 e. The molecule has 1 aromatic rings. The van der Waals surface area contributed by atoms with Crippen molar-refractivity contribution in [2.24, 2.45) is 0 Å². The molecule has 20 heavy (non-hydrogen) atoms. The Kier molecular flexibility index (Phi) is 5.73. The molecule has 1 amide bonds. The molecule has 1 atom stereocenters. The second-order valence-electron chi connectivity index (χ2n) is 5.13. The maximum absolute atomic E-state index is 12.2. The molecule has 0 spiro atoms. The molecular weight excluding hydrogens is 258 g/mol. The molecule has 112 valence electrons. The highest BCUT2D eigenvalue weighted by atomic mass is 16.4. The summed E-state index contributed by atoms with van der Waals surface area (Å²) >= 11 is 0. The van der Waals surface area contributed by atoms with E-state index in [0.717, 1.165) is 17.8 Å². The molecule has 0 saturated carbocycles. The van der Waals surface area contributed by atoms with Crippen LogP contribution in [0.4, 0.5) is 0 Å². The highest BCUT2D eigenvalue weighted by Gasteiger charge is 2.20. The van der Waals surface area contributed by atoms with E-state index in [1.165, 1.54) is 4.90 Å². The average molecular weight is 281 g/mol. The zero-order valence-corrected chi connectivity index (χ0v) is 12.6. The number of carboxylic acids is 1. The van der Waals surface area contributed by atoms with Gasteiger partial charge in [-0.2, -0.15) is 5.10 Å². The summed E-state index contributed by atoms with van der Waals surface area (Å²) in [5.74, 6) is -1.13. The van der Waals surface area contributed by atoms with Crippen molar-refractivity contribution in [2.45, 2.75) is 46.6 Å². The van der Waals surface area contributed by atoms with Crippen LogP contribution < -0.4 is 0 Å². The summed E-state index contributed by atoms with van der Waals surface area (Å²) in [7, 11) is 0. The number of nitrogens with zero attached hydrogens (tertiary/aromatic N) is 3. The van der Waals surface area contributed by atoms with Gasteiger partial charge in [-0.15, -0.1) is 0 Å². The molecule has 1 heterocycles. The zero-order valence-electron chi connectivity index (χ0n) is 12.6. The van der Waals surface area contributed by atoms with Crippen LogP contribution in [0.15, 0.2) is 6.07 Å². The lowest BCUT2D eigenvalue weighted by atomic mass is 10.2. The highest BCUT2D eigenvalue weighted by Crippen LogP contribution is 2.15. The first-order chi connectivity index (χ1) is 9.35. The Morgan fingerprint density at radius 1 is 1.45 bits per heavy atom. The monoisotopic (exact) mass is 281 g/mol. The average Bonchev–Trinajstić information content (AvgIpc) is 2.67. The number of hydrogen-bond acceptors (Lipinski definition) is 3. The van der Waals surface area contributed by atoms with Crippen LogP contribution in [0, 0.1) is 13.8 Å². The lowest BCUT2D eigenvalue weighted by Crippen LogP contribution is -2.37. The van der Waals surface area contributed by atoms with Gasteiger partial charge < -0.3 is 10.0 Å². The zero-order chi connectivity index (χ0) is 15.3. The molecule has 0 aliphatic heterocycles. The minimum atomic E-state index is -0.981. The second kappa shape index (κ2) is 7.07. The Bertz CT molecular complexity index is 482. The summed E-state index contributed by atoms with van der Waals surface area (Å²) in [5.41, 5.74) is 1.92. The minimum Gasteiger partial charge on any atom is -0.480 e. The molecule has 1 unspecified atom stereocenters. The Labute approximate surface area is 119 Å². The first-order valence-electron chi connectivity index (χ1n) is 6.87. The molecule has 0 aromatic carbocycles. The van der Waals surface area contributed by atoms with Crippen molar-refractivity contribution in [3.63, 3.8) is 0 Å². The van der Waals surface area contributed by atoms with Crippen LogP contribution in [0.25, 0.3) is 0 Å². The summed E-state index contributed by atoms with van der Waals surface area (Å²) in [5, 5.41) is 13.2. The normalized spacial score (nSPS) is 12.2. The van der Waals surface area contributed by atoms with Gasteiger partial charge in [0.25, 0.3) is 0 Å². The smallest absolute Gasteiger partial charge is 0.323 e. The fourth-order valence-corrected chi connectivity index (χ4v) is 2.29. The van der Waals surface area contributed by atoms with Crippen molar-refractivity contribution in [2.75, 3.05) is 13.1 Å². The molecule has 0 fully saturated rings. The third-order valence-electron chi connectivity index (χ3n) is 3.10. The Hall–Kier alpha value is -1.85. The van der Waals surface area contributed by atoms with Gasteiger partial charge in [-0.05, 0) is 33.3 Å². The standard InChI is InChI=1S/C14H23N3O3/c1-5-6-16(9-14(19)20)13(18)8-12(4)17-11(3)7-10(2)15-17/h7,12H,5-6,8-9H2,1-4H3,(H,19,20). The topological polar surface area (TPSA) is 75.4 Å². The first kappa shape index (κ1) is 16.2. The molecule has 6 heteroatoms. The maximum Gasteiger partial charge on any atom is 0.323 e. The second-order valence-corrected chi connectivity index (χ2v) is 5.13. The van der Waals surface area contributed by atoms with E-state index in [0.29, 0.717) is 6.54 Å². The molecule has 0 radical (unpaired) electrons. The van der Waals surface area contributed by atoms with E-state index in [1.54, 1.807) is 0 Å². The summed E-state index contributed by atoms with van der Waals surface area (Å²) in [6, 6.07) is 1.88. The van der Waals surface area contributed by atoms with Crippen molar-refractivity contribution in [3.05, 3.63) is 17.5 Å². The molecule has 1 N–H and O–H groups in total. The van der Waals surface area contributed by atoms with Crippen molar-refractivity contribution >= 4 is 11.9 Å². The summed E-state index contributed by atoms with van der Waals surface area (Å²) < 4.78 is 1.82. The van der Waals surface area contributed by atoms with Gasteiger partial charge in [-0.1, -0.05) is 6.92 Å². The number of aromatic nitrogens is 2. The Balaban J connectivity index is 2.71. The van der Waals surface area contributed by atoms with E-state index in [2.05, 4.69) is 5.10 Å². The van der Waals surface area contributed by atoms with Crippen LogP contribution in [0.1, 0.15) is 44.1 Å². The third kappa shape index (κ3) is 4.36. The van der Waals surface area contributed by atoms with E-state index >= 15 is 0 Å². The first-order valence-corrected chi connectivity index (χ1v) is 6.87. The Morgan fingerprint density at radius 3 is 2.55 bits per heavy atom. The number of carboxylic acid groups (broad SMARTS) is 1. The quantitative estimate of drug-likeness (QED) is 0.826. The predicted octanol–water partition coefficient (Wildman–Crippen LogP) is 1.77. The fourth-order valence-electron chi connectivity index (χ4n) is 2.29. The summed E-state index contributed by atoms with van der Waals surface area (Å²) in [6.07, 6.45) is 1.00. The molecule has 0 saturated heterocycles. The molecule has 0 bridgehead atoms. The van der Waals surface area contributed by atoms with Crippen molar-refractivity contribution < 1.29 is 14.7 Å². The van der Waals surface area contributed by atoms with E-state index in [-0.39, 0.29) is 24.9 Å². The molecular formula is C14H23N3O3. The lowest BCUT2D eigenvalue weighted by Gasteiger charge is -2.22. The van der Waals surface area contributed by atoms with Gasteiger partial charge in [0.15, 0.2) is 0 Å². The van der Waals surface area contributed by atoms with Crippen molar-refractivity contribution in [1.29, 1.82) is 0 Å².